The number of ether oxygens (including phenoxy) is 3. The van der Waals surface area contributed by atoms with E-state index in [0.29, 0.717) is 22.7 Å². The largest absolute Gasteiger partial charge is 0.493 e. The van der Waals surface area contributed by atoms with Crippen molar-refractivity contribution in [2.24, 2.45) is 16.3 Å². The molecule has 0 amide bonds. The zero-order chi connectivity index (χ0) is 21.8. The molecule has 0 radical (unpaired) electrons. The minimum atomic E-state index is 0.551. The van der Waals surface area contributed by atoms with Crippen LogP contribution >= 0.6 is 0 Å². The van der Waals surface area contributed by atoms with Gasteiger partial charge in [-0.25, -0.2) is 0 Å². The summed E-state index contributed by atoms with van der Waals surface area (Å²) in [5, 5.41) is 3.53. The van der Waals surface area contributed by atoms with Crippen molar-refractivity contribution in [1.29, 1.82) is 0 Å². The van der Waals surface area contributed by atoms with Gasteiger partial charge in [0.1, 0.15) is 0 Å². The molecule has 2 saturated carbocycles. The van der Waals surface area contributed by atoms with Gasteiger partial charge in [0.15, 0.2) is 17.5 Å². The average Bonchev–Trinajstić information content (AvgIpc) is 3.70. The van der Waals surface area contributed by atoms with E-state index in [0.717, 1.165) is 57.7 Å². The monoisotopic (exact) mass is 430 g/mol. The maximum absolute atomic E-state index is 5.51. The Kier molecular flexibility index (Phi) is 6.80. The second-order valence-electron chi connectivity index (χ2n) is 9.10. The fraction of sp³-hybridized carbons (Fsp3) is 0.708. The SMILES string of the molecule is CCNC(=NCC1(C2CC2)CC1)N1CCN(Cc2cc(OC)c(OC)c(OC)c2)CC1. The normalized spacial score (nSPS) is 21.0. The molecule has 1 saturated heterocycles. The highest BCUT2D eigenvalue weighted by atomic mass is 16.5. The van der Waals surface area contributed by atoms with Crippen LogP contribution < -0.4 is 19.5 Å². The van der Waals surface area contributed by atoms with Crippen molar-refractivity contribution in [1.82, 2.24) is 15.1 Å². The van der Waals surface area contributed by atoms with E-state index < -0.39 is 0 Å². The Balaban J connectivity index is 1.35. The van der Waals surface area contributed by atoms with Crippen LogP contribution in [0.25, 0.3) is 0 Å². The number of benzene rings is 1. The lowest BCUT2D eigenvalue weighted by atomic mass is 10.0. The van der Waals surface area contributed by atoms with Crippen LogP contribution in [0.1, 0.15) is 38.2 Å². The van der Waals surface area contributed by atoms with Crippen molar-refractivity contribution in [3.8, 4) is 17.2 Å². The van der Waals surface area contributed by atoms with Gasteiger partial charge in [0.25, 0.3) is 0 Å². The number of nitrogens with one attached hydrogen (secondary N) is 1. The van der Waals surface area contributed by atoms with Crippen molar-refractivity contribution >= 4 is 5.96 Å². The third-order valence-electron chi connectivity index (χ3n) is 7.02. The lowest BCUT2D eigenvalue weighted by molar-refractivity contribution is 0.172. The fourth-order valence-corrected chi connectivity index (χ4v) is 4.81. The first-order valence-electron chi connectivity index (χ1n) is 11.7. The summed E-state index contributed by atoms with van der Waals surface area (Å²) < 4.78 is 16.5. The Hall–Kier alpha value is -2.15. The summed E-state index contributed by atoms with van der Waals surface area (Å²) in [5.41, 5.74) is 1.72. The van der Waals surface area contributed by atoms with Crippen LogP contribution in [0, 0.1) is 11.3 Å². The minimum absolute atomic E-state index is 0.551. The van der Waals surface area contributed by atoms with E-state index >= 15 is 0 Å². The van der Waals surface area contributed by atoms with Gasteiger partial charge in [0, 0.05) is 45.8 Å². The van der Waals surface area contributed by atoms with Gasteiger partial charge in [-0.2, -0.15) is 0 Å². The van der Waals surface area contributed by atoms with E-state index in [1.165, 1.54) is 31.2 Å². The molecule has 0 bridgehead atoms. The third-order valence-corrected chi connectivity index (χ3v) is 7.02. The van der Waals surface area contributed by atoms with Gasteiger partial charge in [0.05, 0.1) is 21.3 Å². The molecule has 3 aliphatic rings. The quantitative estimate of drug-likeness (QED) is 0.480. The van der Waals surface area contributed by atoms with Crippen LogP contribution in [0.5, 0.6) is 17.2 Å². The third kappa shape index (κ3) is 5.03. The molecule has 7 nitrogen and oxygen atoms in total. The molecule has 0 aromatic heterocycles. The average molecular weight is 431 g/mol. The van der Waals surface area contributed by atoms with Crippen molar-refractivity contribution in [2.75, 3.05) is 60.6 Å². The molecule has 172 valence electrons. The van der Waals surface area contributed by atoms with Crippen LogP contribution in [0.3, 0.4) is 0 Å². The Labute approximate surface area is 186 Å². The molecular formula is C24H38N4O3. The zero-order valence-corrected chi connectivity index (χ0v) is 19.6. The number of guanidine groups is 1. The molecule has 4 rings (SSSR count). The molecule has 0 spiro atoms. The number of aliphatic imine (C=N–C) groups is 1. The van der Waals surface area contributed by atoms with Gasteiger partial charge in [0.2, 0.25) is 5.75 Å². The van der Waals surface area contributed by atoms with E-state index in [4.69, 9.17) is 19.2 Å². The zero-order valence-electron chi connectivity index (χ0n) is 19.6. The van der Waals surface area contributed by atoms with Crippen LogP contribution in [0.15, 0.2) is 17.1 Å². The first kappa shape index (κ1) is 22.1. The molecule has 7 heteroatoms. The maximum Gasteiger partial charge on any atom is 0.203 e. The predicted octanol–water partition coefficient (Wildman–Crippen LogP) is 2.99. The molecule has 31 heavy (non-hydrogen) atoms. The molecule has 1 aromatic carbocycles. The summed E-state index contributed by atoms with van der Waals surface area (Å²) in [4.78, 5) is 9.98. The summed E-state index contributed by atoms with van der Waals surface area (Å²) in [7, 11) is 4.96. The van der Waals surface area contributed by atoms with Crippen molar-refractivity contribution in [2.45, 2.75) is 39.2 Å². The van der Waals surface area contributed by atoms with Crippen LogP contribution in [-0.4, -0.2) is 76.4 Å². The fourth-order valence-electron chi connectivity index (χ4n) is 4.81. The van der Waals surface area contributed by atoms with Gasteiger partial charge < -0.3 is 24.4 Å². The van der Waals surface area contributed by atoms with Crippen LogP contribution in [0.4, 0.5) is 0 Å². The molecule has 1 N–H and O–H groups in total. The first-order valence-corrected chi connectivity index (χ1v) is 11.7. The van der Waals surface area contributed by atoms with E-state index in [1.807, 2.05) is 12.1 Å². The number of nitrogens with zero attached hydrogens (tertiary/aromatic N) is 3. The Morgan fingerprint density at radius 3 is 2.16 bits per heavy atom. The van der Waals surface area contributed by atoms with E-state index in [9.17, 15) is 0 Å². The Morgan fingerprint density at radius 1 is 1.03 bits per heavy atom. The molecule has 3 fully saturated rings. The second kappa shape index (κ2) is 9.55. The molecular weight excluding hydrogens is 392 g/mol. The van der Waals surface area contributed by atoms with E-state index in [1.54, 1.807) is 21.3 Å². The number of hydrogen-bond acceptors (Lipinski definition) is 5. The second-order valence-corrected chi connectivity index (χ2v) is 9.10. The van der Waals surface area contributed by atoms with Gasteiger partial charge in [-0.15, -0.1) is 0 Å². The highest BCUT2D eigenvalue weighted by molar-refractivity contribution is 5.80. The molecule has 1 aromatic rings. The highest BCUT2D eigenvalue weighted by Crippen LogP contribution is 2.61. The van der Waals surface area contributed by atoms with Gasteiger partial charge in [-0.05, 0) is 61.6 Å². The smallest absolute Gasteiger partial charge is 0.203 e. The van der Waals surface area contributed by atoms with E-state index in [2.05, 4.69) is 22.0 Å². The molecule has 1 aliphatic heterocycles. The minimum Gasteiger partial charge on any atom is -0.493 e. The number of piperazine rings is 1. The van der Waals surface area contributed by atoms with Gasteiger partial charge >= 0.3 is 0 Å². The molecule has 2 aliphatic carbocycles. The topological polar surface area (TPSA) is 58.6 Å². The first-order chi connectivity index (χ1) is 15.1. The lowest BCUT2D eigenvalue weighted by Gasteiger charge is -2.36. The molecule has 1 heterocycles. The van der Waals surface area contributed by atoms with E-state index in [-0.39, 0.29) is 0 Å². The lowest BCUT2D eigenvalue weighted by Crippen LogP contribution is -2.52. The Bertz CT molecular complexity index is 756. The number of rotatable bonds is 9. The summed E-state index contributed by atoms with van der Waals surface area (Å²) in [5.74, 6) is 4.12. The van der Waals surface area contributed by atoms with Crippen molar-refractivity contribution < 1.29 is 14.2 Å². The maximum atomic E-state index is 5.51. The van der Waals surface area contributed by atoms with Gasteiger partial charge in [-0.1, -0.05) is 0 Å². The number of methoxy groups -OCH3 is 3. The summed E-state index contributed by atoms with van der Waals surface area (Å²) in [6.45, 7) is 8.95. The van der Waals surface area contributed by atoms with Crippen LogP contribution in [-0.2, 0) is 6.54 Å². The van der Waals surface area contributed by atoms with Crippen molar-refractivity contribution in [3.63, 3.8) is 0 Å². The summed E-state index contributed by atoms with van der Waals surface area (Å²) in [6, 6.07) is 4.10. The van der Waals surface area contributed by atoms with Crippen LogP contribution in [0.2, 0.25) is 0 Å². The number of hydrogen-bond donors (Lipinski definition) is 1. The molecule has 0 unspecified atom stereocenters. The summed E-state index contributed by atoms with van der Waals surface area (Å²) in [6.07, 6.45) is 5.60. The molecule has 0 atom stereocenters. The van der Waals surface area contributed by atoms with Crippen molar-refractivity contribution in [3.05, 3.63) is 17.7 Å². The highest BCUT2D eigenvalue weighted by Gasteiger charge is 2.53. The standard InChI is InChI=1S/C24H38N4O3/c1-5-25-23(26-17-24(8-9-24)19-6-7-19)28-12-10-27(11-13-28)16-18-14-20(29-2)22(31-4)21(15-18)30-3/h14-15,19H,5-13,16-17H2,1-4H3,(H,25,26). The predicted molar refractivity (Wildman–Crippen MR) is 123 cm³/mol. The Morgan fingerprint density at radius 2 is 1.68 bits per heavy atom. The summed E-state index contributed by atoms with van der Waals surface area (Å²) >= 11 is 0. The van der Waals surface area contributed by atoms with Gasteiger partial charge in [-0.3, -0.25) is 9.89 Å².